The number of hydrogen-bond acceptors (Lipinski definition) is 5. The van der Waals surface area contributed by atoms with Crippen molar-refractivity contribution in [2.45, 2.75) is 51.3 Å². The molecular formula is C13H21N3O2S. The van der Waals surface area contributed by atoms with Crippen molar-refractivity contribution in [3.63, 3.8) is 0 Å². The summed E-state index contributed by atoms with van der Waals surface area (Å²) in [5.41, 5.74) is 6.04. The molecule has 1 aliphatic rings. The zero-order valence-electron chi connectivity index (χ0n) is 11.6. The predicted octanol–water partition coefficient (Wildman–Crippen LogP) is 1.85. The van der Waals surface area contributed by atoms with Gasteiger partial charge >= 0.3 is 0 Å². The highest BCUT2D eigenvalue weighted by atomic mass is 32.1. The molecule has 0 bridgehead atoms. The maximum Gasteiger partial charge on any atom is 0.270 e. The first-order valence-corrected chi connectivity index (χ1v) is 7.41. The summed E-state index contributed by atoms with van der Waals surface area (Å²) in [4.78, 5) is 16.4. The van der Waals surface area contributed by atoms with E-state index in [1.54, 1.807) is 5.38 Å². The van der Waals surface area contributed by atoms with Crippen molar-refractivity contribution >= 4 is 17.2 Å². The number of hydrogen-bond donors (Lipinski definition) is 2. The summed E-state index contributed by atoms with van der Waals surface area (Å²) in [5.74, 6) is -0.120. The van der Waals surface area contributed by atoms with E-state index in [2.05, 4.69) is 10.3 Å². The zero-order valence-corrected chi connectivity index (χ0v) is 12.4. The van der Waals surface area contributed by atoms with Gasteiger partial charge in [-0.3, -0.25) is 4.79 Å². The van der Waals surface area contributed by atoms with Crippen molar-refractivity contribution in [1.82, 2.24) is 10.3 Å². The average molecular weight is 283 g/mol. The Morgan fingerprint density at radius 1 is 1.68 bits per heavy atom. The summed E-state index contributed by atoms with van der Waals surface area (Å²) in [7, 11) is 0. The standard InChI is InChI=1S/C13H21N3O2S/c1-8(14)12-16-10(7-19-12)11(17)15-9-4-5-18-13(2,3)6-9/h7-9H,4-6,14H2,1-3H3,(H,15,17). The Morgan fingerprint density at radius 2 is 2.42 bits per heavy atom. The van der Waals surface area contributed by atoms with Crippen LogP contribution in [0.1, 0.15) is 55.2 Å². The van der Waals surface area contributed by atoms with Crippen LogP contribution in [0, 0.1) is 0 Å². The van der Waals surface area contributed by atoms with Crippen molar-refractivity contribution in [1.29, 1.82) is 0 Å². The molecule has 0 aromatic carbocycles. The molecular weight excluding hydrogens is 262 g/mol. The maximum atomic E-state index is 12.1. The van der Waals surface area contributed by atoms with Gasteiger partial charge in [-0.05, 0) is 33.6 Å². The second kappa shape index (κ2) is 5.56. The van der Waals surface area contributed by atoms with Crippen molar-refractivity contribution in [3.8, 4) is 0 Å². The second-order valence-corrected chi connectivity index (χ2v) is 6.52. The minimum Gasteiger partial charge on any atom is -0.375 e. The fraction of sp³-hybridized carbons (Fsp3) is 0.692. The largest absolute Gasteiger partial charge is 0.375 e. The summed E-state index contributed by atoms with van der Waals surface area (Å²) >= 11 is 1.43. The molecule has 1 aromatic heterocycles. The van der Waals surface area contributed by atoms with Crippen LogP contribution >= 0.6 is 11.3 Å². The highest BCUT2D eigenvalue weighted by Crippen LogP contribution is 2.24. The van der Waals surface area contributed by atoms with E-state index >= 15 is 0 Å². The van der Waals surface area contributed by atoms with Gasteiger partial charge in [0.05, 0.1) is 11.6 Å². The van der Waals surface area contributed by atoms with E-state index < -0.39 is 0 Å². The van der Waals surface area contributed by atoms with Crippen LogP contribution in [0.15, 0.2) is 5.38 Å². The van der Waals surface area contributed by atoms with Crippen LogP contribution in [-0.2, 0) is 4.74 Å². The molecule has 1 saturated heterocycles. The third-order valence-corrected chi connectivity index (χ3v) is 4.22. The van der Waals surface area contributed by atoms with Gasteiger partial charge in [0, 0.05) is 18.0 Å². The van der Waals surface area contributed by atoms with Crippen molar-refractivity contribution in [3.05, 3.63) is 16.1 Å². The molecule has 2 unspecified atom stereocenters. The van der Waals surface area contributed by atoms with E-state index in [9.17, 15) is 4.79 Å². The number of nitrogens with zero attached hydrogens (tertiary/aromatic N) is 1. The van der Waals surface area contributed by atoms with Gasteiger partial charge in [0.2, 0.25) is 0 Å². The molecule has 0 aliphatic carbocycles. The van der Waals surface area contributed by atoms with E-state index in [4.69, 9.17) is 10.5 Å². The summed E-state index contributed by atoms with van der Waals surface area (Å²) in [6, 6.07) is 0.0188. The first kappa shape index (κ1) is 14.4. The molecule has 0 radical (unpaired) electrons. The minimum absolute atomic E-state index is 0.120. The van der Waals surface area contributed by atoms with Crippen LogP contribution < -0.4 is 11.1 Å². The van der Waals surface area contributed by atoms with Crippen molar-refractivity contribution in [2.75, 3.05) is 6.61 Å². The predicted molar refractivity (Wildman–Crippen MR) is 75.2 cm³/mol. The number of rotatable bonds is 3. The third-order valence-electron chi connectivity index (χ3n) is 3.18. The van der Waals surface area contributed by atoms with Crippen LogP contribution in [0.5, 0.6) is 0 Å². The lowest BCUT2D eigenvalue weighted by Crippen LogP contribution is -2.45. The Hall–Kier alpha value is -0.980. The summed E-state index contributed by atoms with van der Waals surface area (Å²) in [6.07, 6.45) is 1.67. The smallest absolute Gasteiger partial charge is 0.270 e. The first-order chi connectivity index (χ1) is 8.87. The molecule has 2 atom stereocenters. The van der Waals surface area contributed by atoms with Crippen LogP contribution in [0.4, 0.5) is 0 Å². The Balaban J connectivity index is 1.96. The van der Waals surface area contributed by atoms with E-state index in [1.807, 2.05) is 20.8 Å². The fourth-order valence-electron chi connectivity index (χ4n) is 2.22. The number of ether oxygens (including phenoxy) is 1. The van der Waals surface area contributed by atoms with Gasteiger partial charge in [-0.15, -0.1) is 11.3 Å². The molecule has 1 aliphatic heterocycles. The van der Waals surface area contributed by atoms with E-state index in [-0.39, 0.29) is 23.6 Å². The lowest BCUT2D eigenvalue weighted by atomic mass is 9.94. The Labute approximate surface area is 117 Å². The quantitative estimate of drug-likeness (QED) is 0.887. The third kappa shape index (κ3) is 3.75. The molecule has 1 amide bonds. The van der Waals surface area contributed by atoms with Crippen molar-refractivity contribution < 1.29 is 9.53 Å². The Bertz CT molecular complexity index is 456. The molecule has 1 fully saturated rings. The maximum absolute atomic E-state index is 12.1. The molecule has 1 aromatic rings. The number of thiazole rings is 1. The van der Waals surface area contributed by atoms with Gasteiger partial charge in [0.15, 0.2) is 0 Å². The molecule has 5 nitrogen and oxygen atoms in total. The molecule has 2 rings (SSSR count). The molecule has 3 N–H and O–H groups in total. The SMILES string of the molecule is CC(N)c1nc(C(=O)NC2CCOC(C)(C)C2)cs1. The van der Waals surface area contributed by atoms with Gasteiger partial charge in [-0.2, -0.15) is 0 Å². The molecule has 6 heteroatoms. The summed E-state index contributed by atoms with van der Waals surface area (Å²) < 4.78 is 5.64. The van der Waals surface area contributed by atoms with Gasteiger partial charge in [-0.1, -0.05) is 0 Å². The number of carbonyl (C=O) groups is 1. The fourth-order valence-corrected chi connectivity index (χ4v) is 2.97. The second-order valence-electron chi connectivity index (χ2n) is 5.63. The zero-order chi connectivity index (χ0) is 14.0. The van der Waals surface area contributed by atoms with E-state index in [1.165, 1.54) is 11.3 Å². The number of amides is 1. The Kier molecular flexibility index (Phi) is 4.23. The van der Waals surface area contributed by atoms with E-state index in [0.29, 0.717) is 12.3 Å². The highest BCUT2D eigenvalue weighted by Gasteiger charge is 2.30. The average Bonchev–Trinajstić information content (AvgIpc) is 2.76. The number of nitrogens with one attached hydrogen (secondary N) is 1. The van der Waals surface area contributed by atoms with Gasteiger partial charge < -0.3 is 15.8 Å². The number of carbonyl (C=O) groups excluding carboxylic acids is 1. The van der Waals surface area contributed by atoms with Gasteiger partial charge in [0.1, 0.15) is 10.7 Å². The van der Waals surface area contributed by atoms with Crippen LogP contribution in [0.2, 0.25) is 0 Å². The van der Waals surface area contributed by atoms with E-state index in [0.717, 1.165) is 17.8 Å². The molecule has 0 spiro atoms. The van der Waals surface area contributed by atoms with Crippen LogP contribution in [0.3, 0.4) is 0 Å². The highest BCUT2D eigenvalue weighted by molar-refractivity contribution is 7.09. The van der Waals surface area contributed by atoms with Gasteiger partial charge in [0.25, 0.3) is 5.91 Å². The lowest BCUT2D eigenvalue weighted by molar-refractivity contribution is -0.0615. The van der Waals surface area contributed by atoms with Crippen LogP contribution in [-0.4, -0.2) is 29.1 Å². The van der Waals surface area contributed by atoms with Crippen molar-refractivity contribution in [2.24, 2.45) is 5.73 Å². The van der Waals surface area contributed by atoms with Gasteiger partial charge in [-0.25, -0.2) is 4.98 Å². The number of nitrogens with two attached hydrogens (primary N) is 1. The Morgan fingerprint density at radius 3 is 3.00 bits per heavy atom. The molecule has 19 heavy (non-hydrogen) atoms. The lowest BCUT2D eigenvalue weighted by Gasteiger charge is -2.35. The topological polar surface area (TPSA) is 77.2 Å². The molecule has 2 heterocycles. The van der Waals surface area contributed by atoms with Crippen LogP contribution in [0.25, 0.3) is 0 Å². The first-order valence-electron chi connectivity index (χ1n) is 6.53. The normalized spacial score (nSPS) is 23.9. The number of aromatic nitrogens is 1. The minimum atomic E-state index is -0.171. The monoisotopic (exact) mass is 283 g/mol. The summed E-state index contributed by atoms with van der Waals surface area (Å²) in [5, 5.41) is 5.58. The molecule has 106 valence electrons. The molecule has 0 saturated carbocycles. The summed E-state index contributed by atoms with van der Waals surface area (Å²) in [6.45, 7) is 6.63.